The zero-order valence-corrected chi connectivity index (χ0v) is 12.6. The van der Waals surface area contributed by atoms with Crippen LogP contribution in [-0.2, 0) is 11.2 Å². The highest BCUT2D eigenvalue weighted by molar-refractivity contribution is 9.09. The number of rotatable bonds is 6. The van der Waals surface area contributed by atoms with Gasteiger partial charge in [0.05, 0.1) is 6.42 Å². The topological polar surface area (TPSA) is 29.1 Å². The molecule has 0 fully saturated rings. The van der Waals surface area contributed by atoms with E-state index in [9.17, 15) is 13.6 Å². The van der Waals surface area contributed by atoms with Gasteiger partial charge < -0.3 is 5.32 Å². The van der Waals surface area contributed by atoms with Gasteiger partial charge in [0.1, 0.15) is 11.6 Å². The number of amides is 1. The maximum Gasteiger partial charge on any atom is 0.224 e. The fourth-order valence-corrected chi connectivity index (χ4v) is 2.28. The Kier molecular flexibility index (Phi) is 6.42. The maximum absolute atomic E-state index is 13.4. The van der Waals surface area contributed by atoms with Gasteiger partial charge in [0.2, 0.25) is 5.91 Å². The van der Waals surface area contributed by atoms with Gasteiger partial charge >= 0.3 is 0 Å². The molecule has 2 nitrogen and oxygen atoms in total. The van der Waals surface area contributed by atoms with Crippen molar-refractivity contribution in [1.29, 1.82) is 0 Å². The number of halogens is 3. The molecule has 0 aromatic heterocycles. The molecule has 106 valence electrons. The molecule has 0 saturated carbocycles. The van der Waals surface area contributed by atoms with Crippen LogP contribution in [0.3, 0.4) is 0 Å². The van der Waals surface area contributed by atoms with Gasteiger partial charge in [-0.15, -0.1) is 0 Å². The molecule has 1 amide bonds. The summed E-state index contributed by atoms with van der Waals surface area (Å²) in [5, 5.41) is 3.67. The first-order valence-corrected chi connectivity index (χ1v) is 7.35. The lowest BCUT2D eigenvalue weighted by atomic mass is 10.0. The number of alkyl halides is 1. The van der Waals surface area contributed by atoms with Gasteiger partial charge in [0.25, 0.3) is 0 Å². The highest BCUT2D eigenvalue weighted by Gasteiger charge is 2.16. The molecule has 1 aromatic rings. The van der Waals surface area contributed by atoms with Crippen LogP contribution in [0.5, 0.6) is 0 Å². The van der Waals surface area contributed by atoms with Crippen LogP contribution >= 0.6 is 15.9 Å². The highest BCUT2D eigenvalue weighted by Crippen LogP contribution is 2.12. The van der Waals surface area contributed by atoms with Crippen molar-refractivity contribution in [3.63, 3.8) is 0 Å². The van der Waals surface area contributed by atoms with Crippen molar-refractivity contribution in [2.45, 2.75) is 32.7 Å². The van der Waals surface area contributed by atoms with E-state index in [0.29, 0.717) is 5.92 Å². The Morgan fingerprint density at radius 3 is 2.58 bits per heavy atom. The van der Waals surface area contributed by atoms with Crippen LogP contribution in [0.1, 0.15) is 25.8 Å². The van der Waals surface area contributed by atoms with Crippen molar-refractivity contribution in [3.8, 4) is 0 Å². The third-order valence-electron chi connectivity index (χ3n) is 2.94. The summed E-state index contributed by atoms with van der Waals surface area (Å²) in [4.78, 5) is 11.9. The Morgan fingerprint density at radius 2 is 2.05 bits per heavy atom. The first kappa shape index (κ1) is 16.1. The van der Waals surface area contributed by atoms with Crippen LogP contribution in [0.2, 0.25) is 0 Å². The number of benzene rings is 1. The Hall–Kier alpha value is -0.970. The lowest BCUT2D eigenvalue weighted by Gasteiger charge is -2.21. The molecule has 0 heterocycles. The molecule has 1 unspecified atom stereocenters. The van der Waals surface area contributed by atoms with Crippen molar-refractivity contribution in [2.24, 2.45) is 5.92 Å². The van der Waals surface area contributed by atoms with Gasteiger partial charge in [0.15, 0.2) is 0 Å². The third-order valence-corrected chi connectivity index (χ3v) is 3.40. The molecule has 0 radical (unpaired) electrons. The molecule has 0 aliphatic heterocycles. The van der Waals surface area contributed by atoms with E-state index in [4.69, 9.17) is 0 Å². The lowest BCUT2D eigenvalue weighted by molar-refractivity contribution is -0.121. The van der Waals surface area contributed by atoms with E-state index in [0.717, 1.165) is 23.9 Å². The van der Waals surface area contributed by atoms with Gasteiger partial charge in [-0.1, -0.05) is 35.8 Å². The van der Waals surface area contributed by atoms with Crippen molar-refractivity contribution in [3.05, 3.63) is 35.4 Å². The van der Waals surface area contributed by atoms with Crippen molar-refractivity contribution in [2.75, 3.05) is 5.33 Å². The first-order chi connectivity index (χ1) is 8.93. The number of hydrogen-bond acceptors (Lipinski definition) is 1. The summed E-state index contributed by atoms with van der Waals surface area (Å²) < 4.78 is 26.2. The molecule has 1 atom stereocenters. The van der Waals surface area contributed by atoms with Crippen LogP contribution in [0, 0.1) is 17.6 Å². The van der Waals surface area contributed by atoms with Gasteiger partial charge in [0, 0.05) is 17.4 Å². The second-order valence-corrected chi connectivity index (χ2v) is 5.60. The average molecular weight is 334 g/mol. The predicted molar refractivity (Wildman–Crippen MR) is 75.2 cm³/mol. The first-order valence-electron chi connectivity index (χ1n) is 6.23. The zero-order valence-electron chi connectivity index (χ0n) is 11.1. The summed E-state index contributed by atoms with van der Waals surface area (Å²) in [6, 6.07) is 3.31. The summed E-state index contributed by atoms with van der Waals surface area (Å²) >= 11 is 3.34. The Balaban J connectivity index is 2.63. The van der Waals surface area contributed by atoms with Crippen LogP contribution in [0.15, 0.2) is 18.2 Å². The Bertz CT molecular complexity index is 437. The molecular formula is C14H18BrF2NO. The van der Waals surface area contributed by atoms with E-state index in [1.54, 1.807) is 0 Å². The van der Waals surface area contributed by atoms with E-state index in [2.05, 4.69) is 21.2 Å². The number of nitrogens with one attached hydrogen (secondary N) is 1. The number of carbonyl (C=O) groups excluding carboxylic acids is 1. The van der Waals surface area contributed by atoms with E-state index in [1.807, 2.05) is 13.8 Å². The fourth-order valence-electron chi connectivity index (χ4n) is 1.79. The van der Waals surface area contributed by atoms with Crippen LogP contribution < -0.4 is 5.32 Å². The van der Waals surface area contributed by atoms with E-state index in [-0.39, 0.29) is 23.9 Å². The van der Waals surface area contributed by atoms with Crippen LogP contribution in [0.25, 0.3) is 0 Å². The summed E-state index contributed by atoms with van der Waals surface area (Å²) in [5.41, 5.74) is 0.209. The Labute approximate surface area is 120 Å². The van der Waals surface area contributed by atoms with Crippen molar-refractivity contribution < 1.29 is 13.6 Å². The van der Waals surface area contributed by atoms with Crippen LogP contribution in [0.4, 0.5) is 8.78 Å². The molecule has 1 aromatic carbocycles. The summed E-state index contributed by atoms with van der Waals surface area (Å²) in [5.74, 6) is -1.26. The quantitative estimate of drug-likeness (QED) is 0.794. The molecule has 0 aliphatic carbocycles. The molecule has 19 heavy (non-hydrogen) atoms. The molecule has 0 saturated heterocycles. The van der Waals surface area contributed by atoms with Gasteiger partial charge in [-0.25, -0.2) is 8.78 Å². The van der Waals surface area contributed by atoms with Crippen molar-refractivity contribution in [1.82, 2.24) is 5.32 Å². The number of carbonyl (C=O) groups is 1. The van der Waals surface area contributed by atoms with Gasteiger partial charge in [-0.05, 0) is 24.0 Å². The smallest absolute Gasteiger partial charge is 0.224 e. The normalized spacial score (nSPS) is 12.5. The summed E-state index contributed by atoms with van der Waals surface area (Å²) in [7, 11) is 0. The van der Waals surface area contributed by atoms with Gasteiger partial charge in [-0.3, -0.25) is 4.79 Å². The second-order valence-electron chi connectivity index (χ2n) is 4.81. The SMILES string of the molecule is CC(C)C(CCBr)NC(=O)Cc1ccc(F)cc1F. The molecule has 1 rings (SSSR count). The zero-order chi connectivity index (χ0) is 14.4. The fraction of sp³-hybridized carbons (Fsp3) is 0.500. The monoisotopic (exact) mass is 333 g/mol. The molecule has 0 aliphatic rings. The Morgan fingerprint density at radius 1 is 1.37 bits per heavy atom. The lowest BCUT2D eigenvalue weighted by Crippen LogP contribution is -2.39. The summed E-state index contributed by atoms with van der Waals surface area (Å²) in [6.07, 6.45) is 0.743. The van der Waals surface area contributed by atoms with E-state index >= 15 is 0 Å². The molecule has 0 bridgehead atoms. The van der Waals surface area contributed by atoms with Crippen LogP contribution in [-0.4, -0.2) is 17.3 Å². The average Bonchev–Trinajstić information content (AvgIpc) is 2.32. The largest absolute Gasteiger partial charge is 0.353 e. The minimum absolute atomic E-state index is 0.0513. The molecule has 0 spiro atoms. The van der Waals surface area contributed by atoms with Crippen molar-refractivity contribution >= 4 is 21.8 Å². The standard InChI is InChI=1S/C14H18BrF2NO/c1-9(2)13(5-6-15)18-14(19)7-10-3-4-11(16)8-12(10)17/h3-4,8-9,13H,5-7H2,1-2H3,(H,18,19). The molecular weight excluding hydrogens is 316 g/mol. The minimum Gasteiger partial charge on any atom is -0.353 e. The summed E-state index contributed by atoms with van der Waals surface area (Å²) in [6.45, 7) is 4.04. The third kappa shape index (κ3) is 5.27. The molecule has 5 heteroatoms. The van der Waals surface area contributed by atoms with E-state index < -0.39 is 11.6 Å². The van der Waals surface area contributed by atoms with E-state index in [1.165, 1.54) is 6.07 Å². The minimum atomic E-state index is -0.684. The maximum atomic E-state index is 13.4. The highest BCUT2D eigenvalue weighted by atomic mass is 79.9. The van der Waals surface area contributed by atoms with Gasteiger partial charge in [-0.2, -0.15) is 0 Å². The molecule has 1 N–H and O–H groups in total. The predicted octanol–water partition coefficient (Wildman–Crippen LogP) is 3.43. The second kappa shape index (κ2) is 7.58. The number of hydrogen-bond donors (Lipinski definition) is 1.